The summed E-state index contributed by atoms with van der Waals surface area (Å²) in [5.74, 6) is 0.0288. The molecule has 0 aromatic rings. The minimum atomic E-state index is -0.461. The van der Waals surface area contributed by atoms with E-state index in [2.05, 4.69) is 4.84 Å². The number of hydrogen-bond donors (Lipinski definition) is 0. The smallest absolute Gasteiger partial charge is 0.321 e. The highest BCUT2D eigenvalue weighted by atomic mass is 16.7. The van der Waals surface area contributed by atoms with Gasteiger partial charge in [0, 0.05) is 31.2 Å². The van der Waals surface area contributed by atoms with Crippen LogP contribution in [0.1, 0.15) is 57.8 Å². The first-order valence-corrected chi connectivity index (χ1v) is 9.28. The van der Waals surface area contributed by atoms with Crippen molar-refractivity contribution >= 4 is 24.2 Å². The van der Waals surface area contributed by atoms with Gasteiger partial charge in [0.05, 0.1) is 0 Å². The fourth-order valence-electron chi connectivity index (χ4n) is 3.61. The zero-order valence-corrected chi connectivity index (χ0v) is 14.8. The zero-order valence-electron chi connectivity index (χ0n) is 14.8. The van der Waals surface area contributed by atoms with Crippen molar-refractivity contribution in [2.45, 2.75) is 57.8 Å². The van der Waals surface area contributed by atoms with E-state index in [9.17, 15) is 19.2 Å². The summed E-state index contributed by atoms with van der Waals surface area (Å²) in [5.41, 5.74) is 2.72. The normalized spacial score (nSPS) is 22.7. The molecule has 0 radical (unpaired) electrons. The lowest BCUT2D eigenvalue weighted by atomic mass is 9.89. The summed E-state index contributed by atoms with van der Waals surface area (Å²) in [6.45, 7) is 1.02. The van der Waals surface area contributed by atoms with Crippen LogP contribution in [0.2, 0.25) is 0 Å². The summed E-state index contributed by atoms with van der Waals surface area (Å²) in [5, 5.41) is 0.479. The average molecular weight is 360 g/mol. The van der Waals surface area contributed by atoms with Gasteiger partial charge in [-0.3, -0.25) is 19.2 Å². The number of rotatable bonds is 4. The predicted octanol–water partition coefficient (Wildman–Crippen LogP) is 2.24. The van der Waals surface area contributed by atoms with Crippen molar-refractivity contribution < 1.29 is 24.0 Å². The standard InChI is InChI=1S/C14H19NO.C5H5NO4/c16-14-9-8-13(12-6-7-12)15(14)10-11-4-2-1-3-5-11;7-3-10-6-4(8)1-2-5(6)9/h8-9,11H,1-7,10H2;3H,1-2H2. The molecule has 2 saturated carbocycles. The molecule has 140 valence electrons. The fourth-order valence-corrected chi connectivity index (χ4v) is 3.61. The van der Waals surface area contributed by atoms with Gasteiger partial charge >= 0.3 is 6.47 Å². The molecule has 0 bridgehead atoms. The van der Waals surface area contributed by atoms with E-state index in [1.54, 1.807) is 6.08 Å². The van der Waals surface area contributed by atoms with E-state index in [4.69, 9.17) is 0 Å². The first kappa shape index (κ1) is 18.4. The Balaban J connectivity index is 0.000000170. The minimum Gasteiger partial charge on any atom is -0.334 e. The van der Waals surface area contributed by atoms with E-state index >= 15 is 0 Å². The highest BCUT2D eigenvalue weighted by Crippen LogP contribution is 2.37. The topological polar surface area (TPSA) is 84.0 Å². The van der Waals surface area contributed by atoms with Gasteiger partial charge in [0.25, 0.3) is 17.7 Å². The van der Waals surface area contributed by atoms with E-state index in [-0.39, 0.29) is 25.2 Å². The van der Waals surface area contributed by atoms with Gasteiger partial charge in [-0.2, -0.15) is 0 Å². The number of allylic oxidation sites excluding steroid dienone is 2. The molecule has 1 saturated heterocycles. The second-order valence-electron chi connectivity index (χ2n) is 7.06. The predicted molar refractivity (Wildman–Crippen MR) is 91.9 cm³/mol. The maximum absolute atomic E-state index is 11.8. The summed E-state index contributed by atoms with van der Waals surface area (Å²) in [6.07, 6.45) is 13.1. The van der Waals surface area contributed by atoms with Crippen molar-refractivity contribution in [3.05, 3.63) is 23.4 Å². The summed E-state index contributed by atoms with van der Waals surface area (Å²) < 4.78 is 0. The molecule has 3 amide bonds. The van der Waals surface area contributed by atoms with Crippen LogP contribution in [0, 0.1) is 5.92 Å². The Morgan fingerprint density at radius 1 is 0.962 bits per heavy atom. The number of imide groups is 1. The number of amides is 3. The average Bonchev–Trinajstić information content (AvgIpc) is 3.37. The Bertz CT molecular complexity index is 639. The van der Waals surface area contributed by atoms with E-state index in [1.807, 2.05) is 11.0 Å². The van der Waals surface area contributed by atoms with Crippen LogP contribution >= 0.6 is 0 Å². The molecule has 0 unspecified atom stereocenters. The fraction of sp³-hybridized carbons (Fsp3) is 0.579. The molecule has 2 aliphatic heterocycles. The molecule has 0 N–H and O–H groups in total. The van der Waals surface area contributed by atoms with E-state index in [0.717, 1.165) is 12.5 Å². The van der Waals surface area contributed by atoms with Crippen LogP contribution in [0.3, 0.4) is 0 Å². The maximum atomic E-state index is 11.8. The van der Waals surface area contributed by atoms with Crippen molar-refractivity contribution in [1.29, 1.82) is 0 Å². The monoisotopic (exact) mass is 360 g/mol. The third-order valence-corrected chi connectivity index (χ3v) is 5.12. The highest BCUT2D eigenvalue weighted by molar-refractivity contribution is 6.01. The summed E-state index contributed by atoms with van der Waals surface area (Å²) in [7, 11) is 0. The number of hydroxylamine groups is 2. The molecular formula is C19H24N2O5. The van der Waals surface area contributed by atoms with Crippen LogP contribution in [0.5, 0.6) is 0 Å². The van der Waals surface area contributed by atoms with Crippen molar-refractivity contribution in [2.75, 3.05) is 6.54 Å². The molecule has 26 heavy (non-hydrogen) atoms. The first-order valence-electron chi connectivity index (χ1n) is 9.28. The minimum absolute atomic E-state index is 0.0567. The Morgan fingerprint density at radius 2 is 1.62 bits per heavy atom. The molecule has 4 rings (SSSR count). The quantitative estimate of drug-likeness (QED) is 0.567. The van der Waals surface area contributed by atoms with Gasteiger partial charge < -0.3 is 9.74 Å². The molecule has 4 aliphatic rings. The maximum Gasteiger partial charge on any atom is 0.321 e. The second kappa shape index (κ2) is 8.29. The molecule has 0 aromatic carbocycles. The van der Waals surface area contributed by atoms with Gasteiger partial charge in [0.15, 0.2) is 0 Å². The van der Waals surface area contributed by atoms with Crippen molar-refractivity contribution in [2.24, 2.45) is 5.92 Å². The summed E-state index contributed by atoms with van der Waals surface area (Å²) >= 11 is 0. The van der Waals surface area contributed by atoms with Gasteiger partial charge in [-0.1, -0.05) is 19.3 Å². The Hall–Kier alpha value is -2.44. The summed E-state index contributed by atoms with van der Waals surface area (Å²) in [6, 6.07) is 0. The van der Waals surface area contributed by atoms with Crippen LogP contribution in [0.25, 0.3) is 0 Å². The van der Waals surface area contributed by atoms with Gasteiger partial charge in [-0.25, -0.2) is 0 Å². The number of carbonyl (C=O) groups excluding carboxylic acids is 4. The van der Waals surface area contributed by atoms with Crippen LogP contribution in [0.15, 0.2) is 23.4 Å². The van der Waals surface area contributed by atoms with Crippen LogP contribution in [-0.4, -0.2) is 40.7 Å². The lowest BCUT2D eigenvalue weighted by Gasteiger charge is -2.27. The molecule has 2 aliphatic carbocycles. The largest absolute Gasteiger partial charge is 0.334 e. The molecule has 3 fully saturated rings. The molecule has 0 spiro atoms. The molecule has 7 nitrogen and oxygen atoms in total. The van der Waals surface area contributed by atoms with Crippen molar-refractivity contribution in [3.8, 4) is 0 Å². The first-order chi connectivity index (χ1) is 12.6. The van der Waals surface area contributed by atoms with Gasteiger partial charge in [-0.15, -0.1) is 5.06 Å². The lowest BCUT2D eigenvalue weighted by molar-refractivity contribution is -0.188. The van der Waals surface area contributed by atoms with E-state index in [1.165, 1.54) is 56.2 Å². The van der Waals surface area contributed by atoms with Crippen molar-refractivity contribution in [1.82, 2.24) is 9.96 Å². The van der Waals surface area contributed by atoms with Gasteiger partial charge in [-0.05, 0) is 43.3 Å². The lowest BCUT2D eigenvalue weighted by Crippen LogP contribution is -2.31. The molecular weight excluding hydrogens is 336 g/mol. The Kier molecular flexibility index (Phi) is 5.85. The van der Waals surface area contributed by atoms with Crippen LogP contribution in [0.4, 0.5) is 0 Å². The highest BCUT2D eigenvalue weighted by Gasteiger charge is 2.31. The van der Waals surface area contributed by atoms with Crippen LogP contribution in [-0.2, 0) is 24.0 Å². The Morgan fingerprint density at radius 3 is 2.19 bits per heavy atom. The third kappa shape index (κ3) is 4.39. The summed E-state index contributed by atoms with van der Waals surface area (Å²) in [4.78, 5) is 48.8. The number of nitrogens with zero attached hydrogens (tertiary/aromatic N) is 2. The molecule has 2 heterocycles. The van der Waals surface area contributed by atoms with Crippen molar-refractivity contribution in [3.63, 3.8) is 0 Å². The SMILES string of the molecule is O=C1C=CC(=C2CC2)N1CC1CCCCC1.O=CON1C(=O)CCC1=O. The third-order valence-electron chi connectivity index (χ3n) is 5.12. The van der Waals surface area contributed by atoms with E-state index < -0.39 is 11.8 Å². The van der Waals surface area contributed by atoms with Gasteiger partial charge in [0.1, 0.15) is 0 Å². The molecule has 0 atom stereocenters. The number of hydrogen-bond acceptors (Lipinski definition) is 5. The molecule has 0 aromatic heterocycles. The van der Waals surface area contributed by atoms with Crippen LogP contribution < -0.4 is 0 Å². The molecule has 7 heteroatoms. The second-order valence-corrected chi connectivity index (χ2v) is 7.06. The van der Waals surface area contributed by atoms with Gasteiger partial charge in [0.2, 0.25) is 0 Å². The Labute approximate surface area is 152 Å². The number of carbonyl (C=O) groups is 4. The zero-order chi connectivity index (χ0) is 18.5. The van der Waals surface area contributed by atoms with E-state index in [0.29, 0.717) is 5.06 Å².